The summed E-state index contributed by atoms with van der Waals surface area (Å²) in [6.07, 6.45) is 4.62. The normalized spacial score (nSPS) is 16.6. The summed E-state index contributed by atoms with van der Waals surface area (Å²) in [6.45, 7) is 0. The minimum absolute atomic E-state index is 0.0730. The number of carbonyl (C=O) groups is 1. The van der Waals surface area contributed by atoms with Crippen LogP contribution < -0.4 is 11.1 Å². The monoisotopic (exact) mass is 232 g/mol. The van der Waals surface area contributed by atoms with E-state index in [1.165, 1.54) is 11.1 Å². The lowest BCUT2D eigenvalue weighted by atomic mass is 10.0. The smallest absolute Gasteiger partial charge is 0.220 e. The standard InChI is InChI=1S/C14H20N2O/c1-16-13(17)7-6-11-2-4-12(5-3-11)10-14(15)8-9-14/h2-5H,6-10,15H2,1H3,(H,16,17). The number of nitrogens with two attached hydrogens (primary N) is 1. The average Bonchev–Trinajstić information content (AvgIpc) is 3.05. The van der Waals surface area contributed by atoms with Gasteiger partial charge in [-0.15, -0.1) is 0 Å². The molecule has 1 saturated carbocycles. The molecule has 1 amide bonds. The number of rotatable bonds is 5. The lowest BCUT2D eigenvalue weighted by molar-refractivity contribution is -0.120. The van der Waals surface area contributed by atoms with Crippen LogP contribution in [-0.2, 0) is 17.6 Å². The van der Waals surface area contributed by atoms with E-state index in [1.54, 1.807) is 7.05 Å². The van der Waals surface area contributed by atoms with Gasteiger partial charge in [0.25, 0.3) is 0 Å². The number of hydrogen-bond acceptors (Lipinski definition) is 2. The van der Waals surface area contributed by atoms with Gasteiger partial charge in [0.15, 0.2) is 0 Å². The predicted octanol–water partition coefficient (Wildman–Crippen LogP) is 1.40. The molecule has 0 unspecified atom stereocenters. The first-order chi connectivity index (χ1) is 8.11. The molecule has 17 heavy (non-hydrogen) atoms. The van der Waals surface area contributed by atoms with Gasteiger partial charge in [0, 0.05) is 19.0 Å². The third kappa shape index (κ3) is 3.56. The van der Waals surface area contributed by atoms with Gasteiger partial charge in [-0.2, -0.15) is 0 Å². The fourth-order valence-corrected chi connectivity index (χ4v) is 1.95. The van der Waals surface area contributed by atoms with Crippen LogP contribution in [0.25, 0.3) is 0 Å². The molecule has 0 atom stereocenters. The summed E-state index contributed by atoms with van der Waals surface area (Å²) in [5.41, 5.74) is 8.66. The van der Waals surface area contributed by atoms with Crippen LogP contribution in [0, 0.1) is 0 Å². The number of benzene rings is 1. The molecule has 3 nitrogen and oxygen atoms in total. The van der Waals surface area contributed by atoms with Crippen molar-refractivity contribution in [3.63, 3.8) is 0 Å². The molecule has 0 spiro atoms. The maximum Gasteiger partial charge on any atom is 0.220 e. The Balaban J connectivity index is 1.86. The predicted molar refractivity (Wildman–Crippen MR) is 68.7 cm³/mol. The Hall–Kier alpha value is -1.35. The highest BCUT2D eigenvalue weighted by Crippen LogP contribution is 2.35. The zero-order valence-corrected chi connectivity index (χ0v) is 10.3. The van der Waals surface area contributed by atoms with Gasteiger partial charge in [-0.1, -0.05) is 24.3 Å². The van der Waals surface area contributed by atoms with Crippen molar-refractivity contribution in [1.82, 2.24) is 5.32 Å². The Bertz CT molecular complexity index is 393. The first-order valence-electron chi connectivity index (χ1n) is 6.19. The average molecular weight is 232 g/mol. The number of nitrogens with one attached hydrogen (secondary N) is 1. The van der Waals surface area contributed by atoms with Crippen molar-refractivity contribution in [2.24, 2.45) is 5.73 Å². The molecule has 0 heterocycles. The van der Waals surface area contributed by atoms with E-state index in [-0.39, 0.29) is 11.4 Å². The maximum absolute atomic E-state index is 11.1. The zero-order chi connectivity index (χ0) is 12.3. The van der Waals surface area contributed by atoms with Gasteiger partial charge >= 0.3 is 0 Å². The number of hydrogen-bond donors (Lipinski definition) is 2. The summed E-state index contributed by atoms with van der Waals surface area (Å²) in [5, 5.41) is 2.63. The highest BCUT2D eigenvalue weighted by atomic mass is 16.1. The van der Waals surface area contributed by atoms with Crippen LogP contribution >= 0.6 is 0 Å². The summed E-state index contributed by atoms with van der Waals surface area (Å²) in [7, 11) is 1.67. The Morgan fingerprint density at radius 2 is 1.88 bits per heavy atom. The summed E-state index contributed by atoms with van der Waals surface area (Å²) in [4.78, 5) is 11.1. The molecule has 1 aromatic carbocycles. The SMILES string of the molecule is CNC(=O)CCc1ccc(CC2(N)CC2)cc1. The van der Waals surface area contributed by atoms with E-state index in [1.807, 2.05) is 0 Å². The molecule has 0 aliphatic heterocycles. The fourth-order valence-electron chi connectivity index (χ4n) is 1.95. The summed E-state index contributed by atoms with van der Waals surface area (Å²) >= 11 is 0. The van der Waals surface area contributed by atoms with Gasteiger partial charge in [0.1, 0.15) is 0 Å². The van der Waals surface area contributed by atoms with E-state index < -0.39 is 0 Å². The van der Waals surface area contributed by atoms with Gasteiger partial charge in [-0.05, 0) is 36.8 Å². The molecule has 0 aromatic heterocycles. The van der Waals surface area contributed by atoms with E-state index in [0.29, 0.717) is 6.42 Å². The number of amides is 1. The molecule has 1 fully saturated rings. The Kier molecular flexibility index (Phi) is 3.48. The van der Waals surface area contributed by atoms with Crippen LogP contribution in [0.15, 0.2) is 24.3 Å². The van der Waals surface area contributed by atoms with E-state index in [4.69, 9.17) is 5.73 Å². The van der Waals surface area contributed by atoms with Crippen LogP contribution in [-0.4, -0.2) is 18.5 Å². The molecule has 3 heteroatoms. The van der Waals surface area contributed by atoms with Gasteiger partial charge in [-0.3, -0.25) is 4.79 Å². The first kappa shape index (κ1) is 12.1. The second kappa shape index (κ2) is 4.88. The summed E-state index contributed by atoms with van der Waals surface area (Å²) in [6, 6.07) is 8.46. The van der Waals surface area contributed by atoms with Crippen molar-refractivity contribution in [3.05, 3.63) is 35.4 Å². The molecule has 0 saturated heterocycles. The number of aryl methyl sites for hydroxylation is 1. The van der Waals surface area contributed by atoms with E-state index in [9.17, 15) is 4.79 Å². The molecule has 3 N–H and O–H groups in total. The van der Waals surface area contributed by atoms with Crippen molar-refractivity contribution in [2.45, 2.75) is 37.6 Å². The summed E-state index contributed by atoms with van der Waals surface area (Å²) < 4.78 is 0. The van der Waals surface area contributed by atoms with Crippen LogP contribution in [0.1, 0.15) is 30.4 Å². The molecule has 0 radical (unpaired) electrons. The molecule has 2 rings (SSSR count). The minimum Gasteiger partial charge on any atom is -0.359 e. The Morgan fingerprint density at radius 1 is 1.29 bits per heavy atom. The van der Waals surface area contributed by atoms with Crippen molar-refractivity contribution in [1.29, 1.82) is 0 Å². The second-order valence-corrected chi connectivity index (χ2v) is 5.03. The topological polar surface area (TPSA) is 55.1 Å². The zero-order valence-electron chi connectivity index (χ0n) is 10.3. The first-order valence-corrected chi connectivity index (χ1v) is 6.19. The molecule has 1 aliphatic carbocycles. The van der Waals surface area contributed by atoms with Crippen LogP contribution in [0.4, 0.5) is 0 Å². The Morgan fingerprint density at radius 3 is 2.41 bits per heavy atom. The van der Waals surface area contributed by atoms with Crippen LogP contribution in [0.5, 0.6) is 0 Å². The lowest BCUT2D eigenvalue weighted by Gasteiger charge is -2.09. The number of carbonyl (C=O) groups excluding carboxylic acids is 1. The van der Waals surface area contributed by atoms with E-state index in [0.717, 1.165) is 25.7 Å². The van der Waals surface area contributed by atoms with Crippen LogP contribution in [0.2, 0.25) is 0 Å². The van der Waals surface area contributed by atoms with Crippen molar-refractivity contribution in [2.75, 3.05) is 7.05 Å². The third-order valence-electron chi connectivity index (χ3n) is 3.39. The van der Waals surface area contributed by atoms with Gasteiger partial charge in [0.05, 0.1) is 0 Å². The lowest BCUT2D eigenvalue weighted by Crippen LogP contribution is -2.24. The molecule has 1 aromatic rings. The van der Waals surface area contributed by atoms with E-state index >= 15 is 0 Å². The largest absolute Gasteiger partial charge is 0.359 e. The molecule has 1 aliphatic rings. The quantitative estimate of drug-likeness (QED) is 0.806. The van der Waals surface area contributed by atoms with Gasteiger partial charge in [0.2, 0.25) is 5.91 Å². The minimum atomic E-state index is 0.0730. The maximum atomic E-state index is 11.1. The summed E-state index contributed by atoms with van der Waals surface area (Å²) in [5.74, 6) is 0.0907. The highest BCUT2D eigenvalue weighted by Gasteiger charge is 2.37. The molecule has 92 valence electrons. The van der Waals surface area contributed by atoms with Crippen LogP contribution in [0.3, 0.4) is 0 Å². The second-order valence-electron chi connectivity index (χ2n) is 5.03. The van der Waals surface area contributed by atoms with Gasteiger partial charge < -0.3 is 11.1 Å². The molecule has 0 bridgehead atoms. The van der Waals surface area contributed by atoms with Crippen molar-refractivity contribution in [3.8, 4) is 0 Å². The Labute approximate surface area is 102 Å². The molecular weight excluding hydrogens is 212 g/mol. The fraction of sp³-hybridized carbons (Fsp3) is 0.500. The van der Waals surface area contributed by atoms with Crippen molar-refractivity contribution >= 4 is 5.91 Å². The van der Waals surface area contributed by atoms with Gasteiger partial charge in [-0.25, -0.2) is 0 Å². The van der Waals surface area contributed by atoms with Crippen molar-refractivity contribution < 1.29 is 4.79 Å². The van der Waals surface area contributed by atoms with E-state index in [2.05, 4.69) is 29.6 Å². The highest BCUT2D eigenvalue weighted by molar-refractivity contribution is 5.75. The third-order valence-corrected chi connectivity index (χ3v) is 3.39. The molecular formula is C14H20N2O.